The fraction of sp³-hybridized carbons (Fsp3) is 0.375. The standard InChI is InChI=1S/C16H24OSi/c1-6-13-17-16(2,3)12-14-18(4,5)15-10-8-7-9-11-15/h6-12,14H,1,13H2,2-5H3/b14-12+. The molecule has 1 aromatic rings. The number of rotatable bonds is 6. The number of benzene rings is 1. The summed E-state index contributed by atoms with van der Waals surface area (Å²) in [4.78, 5) is 0. The van der Waals surface area contributed by atoms with Crippen molar-refractivity contribution < 1.29 is 4.74 Å². The third kappa shape index (κ3) is 4.63. The SMILES string of the molecule is C=CCOC(C)(C)/C=C/[Si](C)(C)c1ccccc1. The molecule has 0 aliphatic rings. The molecule has 0 bridgehead atoms. The molecule has 2 heteroatoms. The third-order valence-corrected chi connectivity index (χ3v) is 5.81. The van der Waals surface area contributed by atoms with Crippen molar-refractivity contribution >= 4 is 13.3 Å². The van der Waals surface area contributed by atoms with Crippen LogP contribution in [0, 0.1) is 0 Å². The Morgan fingerprint density at radius 2 is 1.83 bits per heavy atom. The molecule has 0 amide bonds. The normalized spacial score (nSPS) is 12.9. The Morgan fingerprint density at radius 3 is 2.39 bits per heavy atom. The monoisotopic (exact) mass is 260 g/mol. The van der Waals surface area contributed by atoms with Gasteiger partial charge in [-0.1, -0.05) is 66.5 Å². The molecule has 0 unspecified atom stereocenters. The fourth-order valence-corrected chi connectivity index (χ4v) is 3.76. The van der Waals surface area contributed by atoms with Gasteiger partial charge in [0.05, 0.1) is 12.2 Å². The predicted molar refractivity (Wildman–Crippen MR) is 82.9 cm³/mol. The lowest BCUT2D eigenvalue weighted by atomic mass is 10.1. The molecule has 0 aliphatic heterocycles. The van der Waals surface area contributed by atoms with Crippen LogP contribution in [0.15, 0.2) is 54.8 Å². The van der Waals surface area contributed by atoms with Crippen molar-refractivity contribution in [2.75, 3.05) is 6.61 Å². The Balaban J connectivity index is 2.79. The molecular formula is C16H24OSi. The van der Waals surface area contributed by atoms with E-state index in [4.69, 9.17) is 4.74 Å². The van der Waals surface area contributed by atoms with Crippen molar-refractivity contribution in [3.63, 3.8) is 0 Å². The van der Waals surface area contributed by atoms with E-state index in [9.17, 15) is 0 Å². The van der Waals surface area contributed by atoms with Crippen LogP contribution >= 0.6 is 0 Å². The van der Waals surface area contributed by atoms with Crippen LogP contribution in [-0.2, 0) is 4.74 Å². The van der Waals surface area contributed by atoms with Crippen LogP contribution in [0.25, 0.3) is 0 Å². The van der Waals surface area contributed by atoms with Crippen molar-refractivity contribution in [1.29, 1.82) is 0 Å². The Morgan fingerprint density at radius 1 is 1.22 bits per heavy atom. The Kier molecular flexibility index (Phi) is 5.11. The molecule has 1 aromatic carbocycles. The summed E-state index contributed by atoms with van der Waals surface area (Å²) in [6.07, 6.45) is 3.98. The molecule has 0 radical (unpaired) electrons. The van der Waals surface area contributed by atoms with Gasteiger partial charge in [-0.2, -0.15) is 0 Å². The second-order valence-electron chi connectivity index (χ2n) is 5.62. The highest BCUT2D eigenvalue weighted by molar-refractivity contribution is 6.93. The van der Waals surface area contributed by atoms with E-state index in [1.165, 1.54) is 5.19 Å². The van der Waals surface area contributed by atoms with E-state index in [0.717, 1.165) is 0 Å². The first-order chi connectivity index (χ1) is 8.37. The van der Waals surface area contributed by atoms with Gasteiger partial charge in [-0.3, -0.25) is 0 Å². The van der Waals surface area contributed by atoms with Crippen LogP contribution in [0.1, 0.15) is 13.8 Å². The summed E-state index contributed by atoms with van der Waals surface area (Å²) in [7, 11) is -1.51. The van der Waals surface area contributed by atoms with E-state index in [2.05, 4.69) is 75.6 Å². The topological polar surface area (TPSA) is 9.23 Å². The first kappa shape index (κ1) is 14.9. The smallest absolute Gasteiger partial charge is 0.103 e. The molecule has 0 spiro atoms. The van der Waals surface area contributed by atoms with Crippen LogP contribution in [0.4, 0.5) is 0 Å². The van der Waals surface area contributed by atoms with Crippen LogP contribution in [0.5, 0.6) is 0 Å². The zero-order valence-electron chi connectivity index (χ0n) is 11.9. The highest BCUT2D eigenvalue weighted by atomic mass is 28.3. The molecule has 1 nitrogen and oxygen atoms in total. The summed E-state index contributed by atoms with van der Waals surface area (Å²) >= 11 is 0. The highest BCUT2D eigenvalue weighted by Crippen LogP contribution is 2.14. The predicted octanol–water partition coefficient (Wildman–Crippen LogP) is 3.68. The van der Waals surface area contributed by atoms with Gasteiger partial charge < -0.3 is 4.74 Å². The molecule has 0 saturated heterocycles. The van der Waals surface area contributed by atoms with Gasteiger partial charge in [0.1, 0.15) is 8.07 Å². The van der Waals surface area contributed by atoms with Crippen LogP contribution in [0.2, 0.25) is 13.1 Å². The quantitative estimate of drug-likeness (QED) is 0.560. The van der Waals surface area contributed by atoms with Crippen LogP contribution in [-0.4, -0.2) is 20.3 Å². The molecule has 98 valence electrons. The zero-order valence-corrected chi connectivity index (χ0v) is 12.9. The highest BCUT2D eigenvalue weighted by Gasteiger charge is 2.22. The minimum Gasteiger partial charge on any atom is -0.367 e. The molecular weight excluding hydrogens is 236 g/mol. The van der Waals surface area contributed by atoms with Crippen molar-refractivity contribution in [3.05, 3.63) is 54.8 Å². The summed E-state index contributed by atoms with van der Waals surface area (Å²) in [6, 6.07) is 10.7. The van der Waals surface area contributed by atoms with E-state index in [1.54, 1.807) is 6.08 Å². The summed E-state index contributed by atoms with van der Waals surface area (Å²) in [5.41, 5.74) is 2.12. The maximum atomic E-state index is 5.73. The third-order valence-electron chi connectivity index (χ3n) is 2.99. The summed E-state index contributed by atoms with van der Waals surface area (Å²) < 4.78 is 5.73. The first-order valence-corrected chi connectivity index (χ1v) is 9.46. The molecule has 18 heavy (non-hydrogen) atoms. The molecule has 1 rings (SSSR count). The molecule has 0 aliphatic carbocycles. The van der Waals surface area contributed by atoms with E-state index in [-0.39, 0.29) is 5.60 Å². The average molecular weight is 260 g/mol. The van der Waals surface area contributed by atoms with E-state index in [0.29, 0.717) is 6.61 Å². The van der Waals surface area contributed by atoms with Gasteiger partial charge in [0.2, 0.25) is 0 Å². The van der Waals surface area contributed by atoms with Gasteiger partial charge in [-0.25, -0.2) is 0 Å². The summed E-state index contributed by atoms with van der Waals surface area (Å²) in [5, 5.41) is 1.45. The summed E-state index contributed by atoms with van der Waals surface area (Å²) in [6.45, 7) is 13.1. The zero-order chi connectivity index (χ0) is 13.6. The Labute approximate surface area is 112 Å². The maximum absolute atomic E-state index is 5.73. The first-order valence-electron chi connectivity index (χ1n) is 6.38. The second-order valence-corrected chi connectivity index (χ2v) is 9.98. The summed E-state index contributed by atoms with van der Waals surface area (Å²) in [5.74, 6) is 0. The number of hydrogen-bond acceptors (Lipinski definition) is 1. The molecule has 0 heterocycles. The lowest BCUT2D eigenvalue weighted by molar-refractivity contribution is 0.0392. The van der Waals surface area contributed by atoms with Crippen LogP contribution in [0.3, 0.4) is 0 Å². The van der Waals surface area contributed by atoms with Gasteiger partial charge in [-0.05, 0) is 13.8 Å². The Hall–Kier alpha value is -1.12. The van der Waals surface area contributed by atoms with E-state index in [1.807, 2.05) is 0 Å². The van der Waals surface area contributed by atoms with Crippen molar-refractivity contribution in [2.24, 2.45) is 0 Å². The van der Waals surface area contributed by atoms with Gasteiger partial charge in [0, 0.05) is 0 Å². The molecule has 0 atom stereocenters. The second kappa shape index (κ2) is 6.16. The van der Waals surface area contributed by atoms with Crippen LogP contribution < -0.4 is 5.19 Å². The van der Waals surface area contributed by atoms with Crippen molar-refractivity contribution in [1.82, 2.24) is 0 Å². The molecule has 0 fully saturated rings. The van der Waals surface area contributed by atoms with Gasteiger partial charge in [0.25, 0.3) is 0 Å². The minimum absolute atomic E-state index is 0.229. The van der Waals surface area contributed by atoms with Gasteiger partial charge in [0.15, 0.2) is 0 Å². The van der Waals surface area contributed by atoms with Crippen molar-refractivity contribution in [3.8, 4) is 0 Å². The largest absolute Gasteiger partial charge is 0.367 e. The minimum atomic E-state index is -1.51. The maximum Gasteiger partial charge on any atom is 0.103 e. The molecule has 0 aromatic heterocycles. The average Bonchev–Trinajstić information content (AvgIpc) is 2.36. The van der Waals surface area contributed by atoms with Gasteiger partial charge in [-0.15, -0.1) is 6.58 Å². The number of ether oxygens (including phenoxy) is 1. The molecule has 0 saturated carbocycles. The number of hydrogen-bond donors (Lipinski definition) is 0. The van der Waals surface area contributed by atoms with Gasteiger partial charge >= 0.3 is 0 Å². The molecule has 0 N–H and O–H groups in total. The fourth-order valence-electron chi connectivity index (χ4n) is 1.69. The lowest BCUT2D eigenvalue weighted by Gasteiger charge is -2.24. The Bertz CT molecular complexity index is 404. The van der Waals surface area contributed by atoms with Crippen molar-refractivity contribution in [2.45, 2.75) is 32.5 Å². The lowest BCUT2D eigenvalue weighted by Crippen LogP contribution is -2.40. The van der Waals surface area contributed by atoms with E-state index < -0.39 is 8.07 Å². The van der Waals surface area contributed by atoms with E-state index >= 15 is 0 Å².